The number of hydrogen-bond donors (Lipinski definition) is 0. The fraction of sp³-hybridized carbons (Fsp3) is 0. The first-order valence-electron chi connectivity index (χ1n) is 16.6. The van der Waals surface area contributed by atoms with Gasteiger partial charge in [-0.25, -0.2) is 9.36 Å². The summed E-state index contributed by atoms with van der Waals surface area (Å²) in [5.41, 5.74) is 7.25. The highest BCUT2D eigenvalue weighted by atomic mass is 16.2. The molecule has 10 aromatic rings. The Morgan fingerprint density at radius 2 is 0.660 bits per heavy atom. The Hall–Kier alpha value is -6.92. The first-order valence-corrected chi connectivity index (χ1v) is 16.6. The summed E-state index contributed by atoms with van der Waals surface area (Å²) in [4.78, 5) is 29.0. The lowest BCUT2D eigenvalue weighted by molar-refractivity contribution is 0.836. The summed E-state index contributed by atoms with van der Waals surface area (Å²) < 4.78 is 7.45. The molecule has 0 aliphatic heterocycles. The van der Waals surface area contributed by atoms with Gasteiger partial charge in [-0.15, -0.1) is 0 Å². The molecule has 50 heavy (non-hydrogen) atoms. The summed E-state index contributed by atoms with van der Waals surface area (Å²) >= 11 is 0. The van der Waals surface area contributed by atoms with E-state index in [1.54, 1.807) is 10.6 Å². The molecule has 3 aromatic heterocycles. The molecule has 0 aliphatic carbocycles. The lowest BCUT2D eigenvalue weighted by atomic mass is 10.1. The van der Waals surface area contributed by atoms with Gasteiger partial charge in [0.2, 0.25) is 0 Å². The molecule has 0 unspecified atom stereocenters. The molecule has 0 N–H and O–H groups in total. The van der Waals surface area contributed by atoms with Crippen LogP contribution in [0.1, 0.15) is 0 Å². The van der Waals surface area contributed by atoms with Gasteiger partial charge >= 0.3 is 5.69 Å². The molecule has 0 amide bonds. The van der Waals surface area contributed by atoms with Crippen molar-refractivity contribution in [1.82, 2.24) is 18.3 Å². The van der Waals surface area contributed by atoms with Crippen LogP contribution in [0.5, 0.6) is 0 Å². The quantitative estimate of drug-likeness (QED) is 0.192. The van der Waals surface area contributed by atoms with Crippen LogP contribution >= 0.6 is 0 Å². The highest BCUT2D eigenvalue weighted by Gasteiger charge is 2.20. The van der Waals surface area contributed by atoms with E-state index >= 15 is 0 Å². The standard InChI is InChI=1S/C44H28N4O2/c49-43-35-19-9-12-22-40(35)47(31-23-25-41-36(27-31)33-17-7-10-20-38(33)45(41)29-13-3-1-4-14-29)44(50)48(43)32-24-26-42-37(28-32)34-18-8-11-21-39(34)46(42)30-15-5-2-6-16-30/h1-28H. The molecule has 6 nitrogen and oxygen atoms in total. The second-order valence-corrected chi connectivity index (χ2v) is 12.6. The van der Waals surface area contributed by atoms with Gasteiger partial charge in [-0.05, 0) is 84.9 Å². The molecular weight excluding hydrogens is 617 g/mol. The molecule has 0 spiro atoms. The Balaban J connectivity index is 1.24. The average Bonchev–Trinajstić information content (AvgIpc) is 3.68. The maximum Gasteiger partial charge on any atom is 0.340 e. The van der Waals surface area contributed by atoms with Crippen molar-refractivity contribution >= 4 is 54.5 Å². The molecule has 0 radical (unpaired) electrons. The minimum absolute atomic E-state index is 0.352. The van der Waals surface area contributed by atoms with Crippen LogP contribution < -0.4 is 11.2 Å². The Kier molecular flexibility index (Phi) is 6.08. The van der Waals surface area contributed by atoms with Gasteiger partial charge < -0.3 is 9.13 Å². The fourth-order valence-corrected chi connectivity index (χ4v) is 7.65. The second-order valence-electron chi connectivity index (χ2n) is 12.6. The predicted molar refractivity (Wildman–Crippen MR) is 204 cm³/mol. The minimum Gasteiger partial charge on any atom is -0.309 e. The lowest BCUT2D eigenvalue weighted by Gasteiger charge is -2.15. The maximum absolute atomic E-state index is 14.8. The van der Waals surface area contributed by atoms with Gasteiger partial charge in [0, 0.05) is 32.9 Å². The Morgan fingerprint density at radius 3 is 1.16 bits per heavy atom. The van der Waals surface area contributed by atoms with Crippen molar-refractivity contribution < 1.29 is 0 Å². The van der Waals surface area contributed by atoms with Gasteiger partial charge in [0.1, 0.15) is 0 Å². The van der Waals surface area contributed by atoms with Crippen LogP contribution in [0, 0.1) is 0 Å². The van der Waals surface area contributed by atoms with E-state index in [2.05, 4.69) is 69.8 Å². The molecule has 0 atom stereocenters. The number of para-hydroxylation sites is 5. The third-order valence-electron chi connectivity index (χ3n) is 9.82. The summed E-state index contributed by atoms with van der Waals surface area (Å²) in [5, 5.41) is 4.57. The lowest BCUT2D eigenvalue weighted by Crippen LogP contribution is -2.38. The zero-order chi connectivity index (χ0) is 33.3. The van der Waals surface area contributed by atoms with E-state index in [4.69, 9.17) is 0 Å². The topological polar surface area (TPSA) is 53.9 Å². The normalized spacial score (nSPS) is 11.8. The molecular formula is C44H28N4O2. The minimum atomic E-state index is -0.425. The number of benzene rings is 7. The van der Waals surface area contributed by atoms with E-state index in [1.807, 2.05) is 103 Å². The van der Waals surface area contributed by atoms with Gasteiger partial charge in [-0.3, -0.25) is 9.36 Å². The van der Waals surface area contributed by atoms with Crippen LogP contribution in [-0.4, -0.2) is 18.3 Å². The van der Waals surface area contributed by atoms with Crippen molar-refractivity contribution in [1.29, 1.82) is 0 Å². The summed E-state index contributed by atoms with van der Waals surface area (Å²) in [7, 11) is 0. The van der Waals surface area contributed by atoms with Crippen molar-refractivity contribution in [3.63, 3.8) is 0 Å². The largest absolute Gasteiger partial charge is 0.340 e. The molecule has 0 fully saturated rings. The molecule has 10 rings (SSSR count). The number of hydrogen-bond acceptors (Lipinski definition) is 2. The molecule has 0 bridgehead atoms. The van der Waals surface area contributed by atoms with Gasteiger partial charge in [0.15, 0.2) is 0 Å². The maximum atomic E-state index is 14.8. The molecule has 0 aliphatic rings. The van der Waals surface area contributed by atoms with Crippen LogP contribution in [0.4, 0.5) is 0 Å². The van der Waals surface area contributed by atoms with E-state index in [0.717, 1.165) is 55.0 Å². The number of rotatable bonds is 4. The van der Waals surface area contributed by atoms with Gasteiger partial charge in [-0.1, -0.05) is 84.9 Å². The Morgan fingerprint density at radius 1 is 0.280 bits per heavy atom. The Labute approximate surface area is 285 Å². The molecule has 0 saturated carbocycles. The summed E-state index contributed by atoms with van der Waals surface area (Å²) in [5.74, 6) is 0. The van der Waals surface area contributed by atoms with E-state index in [0.29, 0.717) is 22.3 Å². The molecule has 6 heteroatoms. The zero-order valence-electron chi connectivity index (χ0n) is 26.8. The van der Waals surface area contributed by atoms with Crippen LogP contribution in [0.25, 0.3) is 77.3 Å². The molecule has 0 saturated heterocycles. The van der Waals surface area contributed by atoms with Gasteiger partial charge in [-0.2, -0.15) is 0 Å². The molecule has 7 aromatic carbocycles. The fourth-order valence-electron chi connectivity index (χ4n) is 7.65. The van der Waals surface area contributed by atoms with Gasteiger partial charge in [0.05, 0.1) is 44.3 Å². The van der Waals surface area contributed by atoms with Crippen molar-refractivity contribution in [3.8, 4) is 22.7 Å². The van der Waals surface area contributed by atoms with Crippen molar-refractivity contribution in [2.75, 3.05) is 0 Å². The summed E-state index contributed by atoms with van der Waals surface area (Å²) in [6.07, 6.45) is 0. The number of fused-ring (bicyclic) bond motifs is 7. The third kappa shape index (κ3) is 4.02. The SMILES string of the molecule is O=c1c2ccccc2n(-c2ccc3c(c2)c2ccccc2n3-c2ccccc2)c(=O)n1-c1ccc2c(c1)c1ccccc1n2-c1ccccc1. The first kappa shape index (κ1) is 28.1. The summed E-state index contributed by atoms with van der Waals surface area (Å²) in [6, 6.07) is 56.4. The van der Waals surface area contributed by atoms with E-state index in [1.165, 1.54) is 4.57 Å². The molecule has 3 heterocycles. The average molecular weight is 645 g/mol. The van der Waals surface area contributed by atoms with Crippen LogP contribution in [0.15, 0.2) is 179 Å². The number of aromatic nitrogens is 4. The summed E-state index contributed by atoms with van der Waals surface area (Å²) in [6.45, 7) is 0. The van der Waals surface area contributed by atoms with Crippen LogP contribution in [-0.2, 0) is 0 Å². The first-order chi connectivity index (χ1) is 24.7. The number of nitrogens with zero attached hydrogens (tertiary/aromatic N) is 4. The van der Waals surface area contributed by atoms with E-state index in [-0.39, 0.29) is 5.56 Å². The van der Waals surface area contributed by atoms with E-state index < -0.39 is 5.69 Å². The van der Waals surface area contributed by atoms with Crippen LogP contribution in [0.3, 0.4) is 0 Å². The van der Waals surface area contributed by atoms with Crippen molar-refractivity contribution in [2.45, 2.75) is 0 Å². The van der Waals surface area contributed by atoms with Crippen molar-refractivity contribution in [3.05, 3.63) is 191 Å². The third-order valence-corrected chi connectivity index (χ3v) is 9.82. The van der Waals surface area contributed by atoms with Crippen molar-refractivity contribution in [2.24, 2.45) is 0 Å². The van der Waals surface area contributed by atoms with Gasteiger partial charge in [0.25, 0.3) is 5.56 Å². The smallest absolute Gasteiger partial charge is 0.309 e. The predicted octanol–water partition coefficient (Wildman–Crippen LogP) is 9.34. The second kappa shape index (κ2) is 10.8. The van der Waals surface area contributed by atoms with E-state index in [9.17, 15) is 9.59 Å². The van der Waals surface area contributed by atoms with Crippen LogP contribution in [0.2, 0.25) is 0 Å². The monoisotopic (exact) mass is 644 g/mol. The zero-order valence-corrected chi connectivity index (χ0v) is 26.8. The Bertz CT molecular complexity index is 3080. The highest BCUT2D eigenvalue weighted by molar-refractivity contribution is 6.11. The molecule has 236 valence electrons. The highest BCUT2D eigenvalue weighted by Crippen LogP contribution is 2.35.